The molecule has 0 saturated carbocycles. The summed E-state index contributed by atoms with van der Waals surface area (Å²) in [5.41, 5.74) is 0. The molecular weight excluding hydrogens is 299 g/mol. The lowest BCUT2D eigenvalue weighted by molar-refractivity contribution is -0.150. The third-order valence-corrected chi connectivity index (χ3v) is 2.56. The van der Waals surface area contributed by atoms with E-state index in [0.717, 1.165) is 0 Å². The van der Waals surface area contributed by atoms with Crippen LogP contribution in [0.3, 0.4) is 0 Å². The van der Waals surface area contributed by atoms with Crippen molar-refractivity contribution in [3.8, 4) is 5.75 Å². The highest BCUT2D eigenvalue weighted by Gasteiger charge is 2.21. The van der Waals surface area contributed by atoms with Crippen LogP contribution in [0.25, 0.3) is 0 Å². The van der Waals surface area contributed by atoms with Gasteiger partial charge in [0.25, 0.3) is 0 Å². The number of esters is 1. The zero-order chi connectivity index (χ0) is 12.1. The van der Waals surface area contributed by atoms with E-state index < -0.39 is 12.1 Å². The standard InChI is InChI=1S/C10H8BrClO4/c1-15-10(14)9(5-13)16-8-3-2-6(12)4-7(8)11/h2-5,9H,1H3. The van der Waals surface area contributed by atoms with E-state index in [1.165, 1.54) is 7.11 Å². The van der Waals surface area contributed by atoms with Crippen molar-refractivity contribution < 1.29 is 19.1 Å². The molecule has 0 bridgehead atoms. The van der Waals surface area contributed by atoms with Gasteiger partial charge in [0.1, 0.15) is 5.75 Å². The fourth-order valence-corrected chi connectivity index (χ4v) is 1.73. The van der Waals surface area contributed by atoms with E-state index in [-0.39, 0.29) is 0 Å². The summed E-state index contributed by atoms with van der Waals surface area (Å²) in [5, 5.41) is 0.514. The molecule has 86 valence electrons. The summed E-state index contributed by atoms with van der Waals surface area (Å²) in [6.45, 7) is 0. The molecule has 1 atom stereocenters. The number of carbonyl (C=O) groups is 2. The van der Waals surface area contributed by atoms with E-state index in [4.69, 9.17) is 16.3 Å². The second-order valence-electron chi connectivity index (χ2n) is 2.77. The first-order chi connectivity index (χ1) is 7.58. The molecule has 0 radical (unpaired) electrons. The van der Waals surface area contributed by atoms with Crippen LogP contribution in [-0.4, -0.2) is 25.5 Å². The van der Waals surface area contributed by atoms with Crippen molar-refractivity contribution in [3.63, 3.8) is 0 Å². The van der Waals surface area contributed by atoms with Crippen molar-refractivity contribution in [2.75, 3.05) is 7.11 Å². The van der Waals surface area contributed by atoms with Crippen molar-refractivity contribution in [1.82, 2.24) is 0 Å². The van der Waals surface area contributed by atoms with Gasteiger partial charge >= 0.3 is 5.97 Å². The Bertz CT molecular complexity index is 408. The molecular formula is C10H8BrClO4. The molecule has 0 aliphatic heterocycles. The highest BCUT2D eigenvalue weighted by atomic mass is 79.9. The number of halogens is 2. The molecule has 0 amide bonds. The minimum absolute atomic E-state index is 0.340. The first-order valence-electron chi connectivity index (χ1n) is 4.23. The predicted molar refractivity (Wildman–Crippen MR) is 61.6 cm³/mol. The topological polar surface area (TPSA) is 52.6 Å². The molecule has 1 rings (SSSR count). The fourth-order valence-electron chi connectivity index (χ4n) is 0.955. The Kier molecular flexibility index (Phi) is 4.76. The van der Waals surface area contributed by atoms with Gasteiger partial charge in [-0.3, -0.25) is 4.79 Å². The number of methoxy groups -OCH3 is 1. The lowest BCUT2D eigenvalue weighted by Gasteiger charge is -2.12. The highest BCUT2D eigenvalue weighted by molar-refractivity contribution is 9.10. The average Bonchev–Trinajstić information content (AvgIpc) is 2.27. The number of aldehydes is 1. The maximum atomic E-state index is 11.1. The van der Waals surface area contributed by atoms with Crippen LogP contribution in [-0.2, 0) is 14.3 Å². The van der Waals surface area contributed by atoms with E-state index >= 15 is 0 Å². The van der Waals surface area contributed by atoms with Crippen LogP contribution in [0.4, 0.5) is 0 Å². The molecule has 0 saturated heterocycles. The van der Waals surface area contributed by atoms with Gasteiger partial charge in [-0.05, 0) is 34.1 Å². The van der Waals surface area contributed by atoms with Crippen molar-refractivity contribution in [3.05, 3.63) is 27.7 Å². The highest BCUT2D eigenvalue weighted by Crippen LogP contribution is 2.28. The number of hydrogen-bond donors (Lipinski definition) is 0. The molecule has 6 heteroatoms. The molecule has 1 unspecified atom stereocenters. The van der Waals surface area contributed by atoms with Gasteiger partial charge in [0.2, 0.25) is 6.10 Å². The van der Waals surface area contributed by atoms with Gasteiger partial charge in [-0.2, -0.15) is 0 Å². The Morgan fingerprint density at radius 3 is 2.75 bits per heavy atom. The van der Waals surface area contributed by atoms with E-state index in [0.29, 0.717) is 21.5 Å². The largest absolute Gasteiger partial charge is 0.470 e. The lowest BCUT2D eigenvalue weighted by Crippen LogP contribution is -2.30. The van der Waals surface area contributed by atoms with Crippen molar-refractivity contribution >= 4 is 39.8 Å². The maximum absolute atomic E-state index is 11.1. The summed E-state index contributed by atoms with van der Waals surface area (Å²) >= 11 is 8.93. The average molecular weight is 308 g/mol. The van der Waals surface area contributed by atoms with Crippen LogP contribution >= 0.6 is 27.5 Å². The molecule has 1 aromatic rings. The minimum Gasteiger partial charge on any atom is -0.470 e. The summed E-state index contributed by atoms with van der Waals surface area (Å²) < 4.78 is 10.1. The zero-order valence-corrected chi connectivity index (χ0v) is 10.6. The molecule has 4 nitrogen and oxygen atoms in total. The summed E-state index contributed by atoms with van der Waals surface area (Å²) in [7, 11) is 1.18. The van der Waals surface area contributed by atoms with Gasteiger partial charge in [-0.1, -0.05) is 11.6 Å². The first-order valence-corrected chi connectivity index (χ1v) is 5.40. The van der Waals surface area contributed by atoms with Gasteiger partial charge in [0.15, 0.2) is 6.29 Å². The summed E-state index contributed by atoms with van der Waals surface area (Å²) in [4.78, 5) is 21.7. The number of benzene rings is 1. The van der Waals surface area contributed by atoms with Gasteiger partial charge < -0.3 is 9.47 Å². The SMILES string of the molecule is COC(=O)C(C=O)Oc1ccc(Cl)cc1Br. The van der Waals surface area contributed by atoms with E-state index in [1.807, 2.05) is 0 Å². The molecule has 0 aliphatic carbocycles. The lowest BCUT2D eigenvalue weighted by atomic mass is 10.3. The number of hydrogen-bond acceptors (Lipinski definition) is 4. The normalized spacial score (nSPS) is 11.7. The number of rotatable bonds is 4. The Morgan fingerprint density at radius 2 is 2.25 bits per heavy atom. The van der Waals surface area contributed by atoms with E-state index in [9.17, 15) is 9.59 Å². The van der Waals surface area contributed by atoms with Crippen LogP contribution in [0.2, 0.25) is 5.02 Å². The second kappa shape index (κ2) is 5.86. The third-order valence-electron chi connectivity index (χ3n) is 1.70. The second-order valence-corrected chi connectivity index (χ2v) is 4.06. The molecule has 0 aliphatic rings. The van der Waals surface area contributed by atoms with Crippen molar-refractivity contribution in [2.45, 2.75) is 6.10 Å². The molecule has 0 spiro atoms. The fraction of sp³-hybridized carbons (Fsp3) is 0.200. The molecule has 0 aromatic heterocycles. The van der Waals surface area contributed by atoms with Crippen molar-refractivity contribution in [1.29, 1.82) is 0 Å². The number of ether oxygens (including phenoxy) is 2. The quantitative estimate of drug-likeness (QED) is 0.486. The summed E-state index contributed by atoms with van der Waals surface area (Å²) in [6.07, 6.45) is -0.908. The Hall–Kier alpha value is -1.07. The third kappa shape index (κ3) is 3.21. The maximum Gasteiger partial charge on any atom is 0.354 e. The monoisotopic (exact) mass is 306 g/mol. The Labute approximate surface area is 106 Å². The smallest absolute Gasteiger partial charge is 0.354 e. The van der Waals surface area contributed by atoms with Crippen LogP contribution in [0.5, 0.6) is 5.75 Å². The van der Waals surface area contributed by atoms with E-state index in [1.54, 1.807) is 18.2 Å². The van der Waals surface area contributed by atoms with Crippen LogP contribution in [0.15, 0.2) is 22.7 Å². The van der Waals surface area contributed by atoms with Crippen molar-refractivity contribution in [2.24, 2.45) is 0 Å². The van der Waals surface area contributed by atoms with Gasteiger partial charge in [-0.15, -0.1) is 0 Å². The molecule has 0 N–H and O–H groups in total. The van der Waals surface area contributed by atoms with Gasteiger partial charge in [0.05, 0.1) is 11.6 Å². The predicted octanol–water partition coefficient (Wildman–Crippen LogP) is 2.22. The molecule has 0 fully saturated rings. The molecule has 1 aromatic carbocycles. The van der Waals surface area contributed by atoms with Gasteiger partial charge in [0, 0.05) is 5.02 Å². The van der Waals surface area contributed by atoms with E-state index in [2.05, 4.69) is 20.7 Å². The number of carbonyl (C=O) groups excluding carboxylic acids is 2. The van der Waals surface area contributed by atoms with Crippen LogP contribution < -0.4 is 4.74 Å². The molecule has 0 heterocycles. The summed E-state index contributed by atoms with van der Waals surface area (Å²) in [6, 6.07) is 4.72. The minimum atomic E-state index is -1.28. The zero-order valence-electron chi connectivity index (χ0n) is 8.28. The molecule has 16 heavy (non-hydrogen) atoms. The van der Waals surface area contributed by atoms with Crippen LogP contribution in [0, 0.1) is 0 Å². The summed E-state index contributed by atoms with van der Waals surface area (Å²) in [5.74, 6) is -0.413. The first kappa shape index (κ1) is 13.0. The Morgan fingerprint density at radius 1 is 1.56 bits per heavy atom. The van der Waals surface area contributed by atoms with Crippen LogP contribution in [0.1, 0.15) is 0 Å². The van der Waals surface area contributed by atoms with Gasteiger partial charge in [-0.25, -0.2) is 4.79 Å². The Balaban J connectivity index is 2.86.